The molecule has 4 rings (SSSR count). The van der Waals surface area contributed by atoms with Crippen molar-refractivity contribution in [2.75, 3.05) is 13.2 Å². The molecular weight excluding hydrogens is 524 g/mol. The summed E-state index contributed by atoms with van der Waals surface area (Å²) in [5.41, 5.74) is 2.96. The van der Waals surface area contributed by atoms with Crippen LogP contribution in [0.4, 0.5) is 0 Å². The molecule has 4 aromatic rings. The minimum Gasteiger partial charge on any atom is -0.493 e. The maximum atomic E-state index is 12.9. The summed E-state index contributed by atoms with van der Waals surface area (Å²) in [5, 5.41) is 2.01. The highest BCUT2D eigenvalue weighted by Crippen LogP contribution is 2.30. The van der Waals surface area contributed by atoms with Gasteiger partial charge in [-0.05, 0) is 95.2 Å². The van der Waals surface area contributed by atoms with Gasteiger partial charge in [-0.1, -0.05) is 43.5 Å². The lowest BCUT2D eigenvalue weighted by Crippen LogP contribution is -2.09. The molecule has 6 nitrogen and oxygen atoms in total. The van der Waals surface area contributed by atoms with Gasteiger partial charge in [0.1, 0.15) is 11.5 Å². The van der Waals surface area contributed by atoms with Crippen LogP contribution in [0.25, 0.3) is 21.9 Å². The molecule has 0 fully saturated rings. The summed E-state index contributed by atoms with van der Waals surface area (Å²) in [6, 6.07) is 26.3. The molecule has 0 unspecified atom stereocenters. The molecular formula is C33H28O6S. The van der Waals surface area contributed by atoms with E-state index in [4.69, 9.17) is 14.2 Å². The highest BCUT2D eigenvalue weighted by atomic mass is 32.2. The highest BCUT2D eigenvalue weighted by molar-refractivity contribution is 8.14. The Hall–Kier alpha value is -4.62. The van der Waals surface area contributed by atoms with E-state index < -0.39 is 11.9 Å². The summed E-state index contributed by atoms with van der Waals surface area (Å²) in [4.78, 5) is 36.5. The number of esters is 2. The molecule has 0 atom stereocenters. The summed E-state index contributed by atoms with van der Waals surface area (Å²) in [7, 11) is 0. The van der Waals surface area contributed by atoms with Gasteiger partial charge in [-0.2, -0.15) is 0 Å². The Morgan fingerprint density at radius 3 is 2.15 bits per heavy atom. The van der Waals surface area contributed by atoms with Gasteiger partial charge in [0.2, 0.25) is 5.12 Å². The second kappa shape index (κ2) is 13.4. The summed E-state index contributed by atoms with van der Waals surface area (Å²) in [6.45, 7) is 9.19. The van der Waals surface area contributed by atoms with Crippen LogP contribution < -0.4 is 9.47 Å². The molecule has 0 N–H and O–H groups in total. The number of hydrogen-bond donors (Lipinski definition) is 0. The zero-order chi connectivity index (χ0) is 28.5. The lowest BCUT2D eigenvalue weighted by Gasteiger charge is -2.09. The molecule has 0 radical (unpaired) electrons. The third-order valence-electron chi connectivity index (χ3n) is 5.82. The maximum absolute atomic E-state index is 12.9. The van der Waals surface area contributed by atoms with Crippen LogP contribution in [0, 0.1) is 0 Å². The van der Waals surface area contributed by atoms with Gasteiger partial charge in [0.15, 0.2) is 0 Å². The van der Waals surface area contributed by atoms with Crippen LogP contribution in [-0.2, 0) is 14.3 Å². The molecule has 202 valence electrons. The van der Waals surface area contributed by atoms with Gasteiger partial charge in [0, 0.05) is 28.5 Å². The number of hydrogen-bond acceptors (Lipinski definition) is 7. The van der Waals surface area contributed by atoms with Crippen molar-refractivity contribution < 1.29 is 28.6 Å². The number of carbonyl (C=O) groups is 3. The average molecular weight is 553 g/mol. The number of benzene rings is 4. The Morgan fingerprint density at radius 1 is 0.800 bits per heavy atom. The van der Waals surface area contributed by atoms with E-state index in [-0.39, 0.29) is 11.7 Å². The first-order valence-electron chi connectivity index (χ1n) is 12.6. The Kier molecular flexibility index (Phi) is 9.54. The Balaban J connectivity index is 1.32. The summed E-state index contributed by atoms with van der Waals surface area (Å²) in [6.07, 6.45) is 1.68. The molecule has 7 heteroatoms. The first-order chi connectivity index (χ1) is 19.3. The molecule has 0 spiro atoms. The van der Waals surface area contributed by atoms with E-state index in [2.05, 4.69) is 19.2 Å². The van der Waals surface area contributed by atoms with Crippen molar-refractivity contribution in [3.8, 4) is 22.6 Å². The summed E-state index contributed by atoms with van der Waals surface area (Å²) >= 11 is 1.17. The van der Waals surface area contributed by atoms with E-state index in [1.54, 1.807) is 43.3 Å². The van der Waals surface area contributed by atoms with Crippen LogP contribution in [0.1, 0.15) is 23.7 Å². The van der Waals surface area contributed by atoms with Crippen LogP contribution >= 0.6 is 11.8 Å². The quantitative estimate of drug-likeness (QED) is 0.0630. The minimum atomic E-state index is -0.496. The SMILES string of the molecule is C=CC(=O)Oc1ccc(-c2ccc3cc(SC(=O)c4ccc(OCCCOC(=O)C(=C)C)cc4)ccc3c2)cc1. The molecule has 0 amide bonds. The van der Waals surface area contributed by atoms with E-state index in [0.29, 0.717) is 35.7 Å². The van der Waals surface area contributed by atoms with Gasteiger partial charge in [0.25, 0.3) is 0 Å². The number of carbonyl (C=O) groups excluding carboxylic acids is 3. The number of ether oxygens (including phenoxy) is 3. The van der Waals surface area contributed by atoms with Crippen molar-refractivity contribution in [1.82, 2.24) is 0 Å². The third kappa shape index (κ3) is 7.71. The lowest BCUT2D eigenvalue weighted by atomic mass is 10.0. The van der Waals surface area contributed by atoms with Crippen LogP contribution in [0.5, 0.6) is 11.5 Å². The normalized spacial score (nSPS) is 10.5. The molecule has 4 aromatic carbocycles. The van der Waals surface area contributed by atoms with Gasteiger partial charge in [-0.3, -0.25) is 4.79 Å². The van der Waals surface area contributed by atoms with Crippen molar-refractivity contribution in [3.63, 3.8) is 0 Å². The lowest BCUT2D eigenvalue weighted by molar-refractivity contribution is -0.139. The standard InChI is InChI=1S/C33H28O6S/c1-4-31(34)39-29-15-8-23(9-16-29)25-6-7-27-21-30(17-12-26(27)20-25)40-33(36)24-10-13-28(14-11-24)37-18-5-19-38-32(35)22(2)3/h4,6-17,20-21H,1-2,5,18-19H2,3H3. The molecule has 0 saturated carbocycles. The van der Waals surface area contributed by atoms with Gasteiger partial charge in [0.05, 0.1) is 13.2 Å². The monoisotopic (exact) mass is 552 g/mol. The fraction of sp³-hybridized carbons (Fsp3) is 0.121. The molecule has 0 saturated heterocycles. The molecule has 0 aliphatic carbocycles. The number of thioether (sulfide) groups is 1. The first-order valence-corrected chi connectivity index (χ1v) is 13.4. The predicted molar refractivity (Wildman–Crippen MR) is 158 cm³/mol. The average Bonchev–Trinajstić information content (AvgIpc) is 2.97. The number of rotatable bonds is 11. The molecule has 0 aliphatic heterocycles. The summed E-state index contributed by atoms with van der Waals surface area (Å²) in [5.74, 6) is 0.196. The zero-order valence-electron chi connectivity index (χ0n) is 22.1. The molecule has 0 aliphatic rings. The number of fused-ring (bicyclic) bond motifs is 1. The molecule has 0 aromatic heterocycles. The molecule has 0 heterocycles. The first kappa shape index (κ1) is 28.4. The predicted octanol–water partition coefficient (Wildman–Crippen LogP) is 7.42. The smallest absolute Gasteiger partial charge is 0.335 e. The maximum Gasteiger partial charge on any atom is 0.335 e. The topological polar surface area (TPSA) is 78.9 Å². The van der Waals surface area contributed by atoms with E-state index in [1.807, 2.05) is 42.5 Å². The second-order valence-electron chi connectivity index (χ2n) is 8.91. The van der Waals surface area contributed by atoms with Crippen molar-refractivity contribution in [3.05, 3.63) is 115 Å². The van der Waals surface area contributed by atoms with Crippen LogP contribution in [0.2, 0.25) is 0 Å². The van der Waals surface area contributed by atoms with Crippen molar-refractivity contribution >= 4 is 39.6 Å². The largest absolute Gasteiger partial charge is 0.493 e. The Bertz CT molecular complexity index is 1550. The van der Waals surface area contributed by atoms with Gasteiger partial charge in [-0.15, -0.1) is 0 Å². The van der Waals surface area contributed by atoms with Gasteiger partial charge < -0.3 is 14.2 Å². The van der Waals surface area contributed by atoms with Crippen molar-refractivity contribution in [2.24, 2.45) is 0 Å². The van der Waals surface area contributed by atoms with Crippen molar-refractivity contribution in [2.45, 2.75) is 18.2 Å². The fourth-order valence-corrected chi connectivity index (χ4v) is 4.52. The van der Waals surface area contributed by atoms with E-state index in [9.17, 15) is 14.4 Å². The molecule has 40 heavy (non-hydrogen) atoms. The van der Waals surface area contributed by atoms with Crippen LogP contribution in [0.3, 0.4) is 0 Å². The summed E-state index contributed by atoms with van der Waals surface area (Å²) < 4.78 is 15.8. The van der Waals surface area contributed by atoms with Crippen LogP contribution in [-0.4, -0.2) is 30.3 Å². The van der Waals surface area contributed by atoms with E-state index in [0.717, 1.165) is 32.9 Å². The fourth-order valence-electron chi connectivity index (χ4n) is 3.73. The Labute approximate surface area is 237 Å². The van der Waals surface area contributed by atoms with Crippen molar-refractivity contribution in [1.29, 1.82) is 0 Å². The van der Waals surface area contributed by atoms with E-state index in [1.165, 1.54) is 11.8 Å². The Morgan fingerprint density at radius 2 is 1.45 bits per heavy atom. The molecule has 0 bridgehead atoms. The van der Waals surface area contributed by atoms with E-state index >= 15 is 0 Å². The zero-order valence-corrected chi connectivity index (χ0v) is 22.9. The minimum absolute atomic E-state index is 0.0635. The highest BCUT2D eigenvalue weighted by Gasteiger charge is 2.10. The van der Waals surface area contributed by atoms with Gasteiger partial charge in [-0.25, -0.2) is 9.59 Å². The third-order valence-corrected chi connectivity index (χ3v) is 6.73. The van der Waals surface area contributed by atoms with Gasteiger partial charge >= 0.3 is 11.9 Å². The van der Waals surface area contributed by atoms with Crippen LogP contribution in [0.15, 0.2) is 115 Å². The second-order valence-corrected chi connectivity index (χ2v) is 9.95.